The lowest BCUT2D eigenvalue weighted by molar-refractivity contribution is 0.0458. The van der Waals surface area contributed by atoms with Crippen LogP contribution in [0.2, 0.25) is 0 Å². The average Bonchev–Trinajstić information content (AvgIpc) is 2.18. The van der Waals surface area contributed by atoms with Crippen molar-refractivity contribution in [3.63, 3.8) is 0 Å². The van der Waals surface area contributed by atoms with E-state index in [1.807, 2.05) is 13.8 Å². The van der Waals surface area contributed by atoms with Gasteiger partial charge in [0.05, 0.1) is 12.2 Å². The Kier molecular flexibility index (Phi) is 3.55. The fourth-order valence-corrected chi connectivity index (χ4v) is 0.976. The van der Waals surface area contributed by atoms with Crippen LogP contribution in [0, 0.1) is 5.92 Å². The molecule has 82 valence electrons. The first kappa shape index (κ1) is 11.4. The number of carbonyl (C=O) groups is 1. The molecular formula is C11H14O4. The largest absolute Gasteiger partial charge is 0.504 e. The molecule has 0 aromatic heterocycles. The minimum Gasteiger partial charge on any atom is -0.504 e. The summed E-state index contributed by atoms with van der Waals surface area (Å²) >= 11 is 0. The van der Waals surface area contributed by atoms with Crippen LogP contribution in [0.25, 0.3) is 0 Å². The first-order valence-corrected chi connectivity index (χ1v) is 4.70. The van der Waals surface area contributed by atoms with Gasteiger partial charge in [-0.05, 0) is 24.1 Å². The van der Waals surface area contributed by atoms with Crippen molar-refractivity contribution >= 4 is 5.97 Å². The molecule has 0 fully saturated rings. The van der Waals surface area contributed by atoms with Crippen molar-refractivity contribution in [1.29, 1.82) is 0 Å². The zero-order chi connectivity index (χ0) is 11.4. The molecule has 1 aromatic rings. The SMILES string of the molecule is CC(C)COC(=O)c1ccc(O)c(O)c1. The topological polar surface area (TPSA) is 66.8 Å². The predicted molar refractivity (Wildman–Crippen MR) is 54.9 cm³/mol. The lowest BCUT2D eigenvalue weighted by Gasteiger charge is -2.07. The van der Waals surface area contributed by atoms with Gasteiger partial charge in [0, 0.05) is 0 Å². The summed E-state index contributed by atoms with van der Waals surface area (Å²) in [4.78, 5) is 11.4. The van der Waals surface area contributed by atoms with Crippen molar-refractivity contribution in [3.8, 4) is 11.5 Å². The van der Waals surface area contributed by atoms with Crippen LogP contribution in [0.15, 0.2) is 18.2 Å². The van der Waals surface area contributed by atoms with Gasteiger partial charge in [0.25, 0.3) is 0 Å². The third kappa shape index (κ3) is 3.16. The maximum Gasteiger partial charge on any atom is 0.338 e. The van der Waals surface area contributed by atoms with Crippen molar-refractivity contribution in [3.05, 3.63) is 23.8 Å². The van der Waals surface area contributed by atoms with Crippen LogP contribution in [0.1, 0.15) is 24.2 Å². The first-order valence-electron chi connectivity index (χ1n) is 4.70. The Balaban J connectivity index is 2.70. The number of phenols is 2. The summed E-state index contributed by atoms with van der Waals surface area (Å²) in [5.41, 5.74) is 0.228. The molecule has 4 heteroatoms. The molecule has 1 aromatic carbocycles. The standard InChI is InChI=1S/C11H14O4/c1-7(2)6-15-11(14)8-3-4-9(12)10(13)5-8/h3-5,7,12-13H,6H2,1-2H3. The minimum absolute atomic E-state index is 0.228. The number of aromatic hydroxyl groups is 2. The molecule has 0 saturated heterocycles. The average molecular weight is 210 g/mol. The van der Waals surface area contributed by atoms with Gasteiger partial charge >= 0.3 is 5.97 Å². The molecule has 0 bridgehead atoms. The van der Waals surface area contributed by atoms with E-state index in [9.17, 15) is 4.79 Å². The molecule has 0 aliphatic rings. The second kappa shape index (κ2) is 4.68. The molecule has 1 rings (SSSR count). The van der Waals surface area contributed by atoms with E-state index in [0.29, 0.717) is 6.61 Å². The Morgan fingerprint density at radius 3 is 2.53 bits per heavy atom. The molecule has 0 spiro atoms. The van der Waals surface area contributed by atoms with Gasteiger partial charge in [0.1, 0.15) is 0 Å². The van der Waals surface area contributed by atoms with Crippen molar-refractivity contribution in [2.45, 2.75) is 13.8 Å². The van der Waals surface area contributed by atoms with Gasteiger partial charge in [0.15, 0.2) is 11.5 Å². The molecule has 0 amide bonds. The molecule has 0 unspecified atom stereocenters. The first-order chi connectivity index (χ1) is 7.00. The van der Waals surface area contributed by atoms with Gasteiger partial charge in [-0.25, -0.2) is 4.79 Å². The molecule has 0 radical (unpaired) electrons. The van der Waals surface area contributed by atoms with Gasteiger partial charge < -0.3 is 14.9 Å². The number of rotatable bonds is 3. The zero-order valence-corrected chi connectivity index (χ0v) is 8.73. The fourth-order valence-electron chi connectivity index (χ4n) is 0.976. The highest BCUT2D eigenvalue weighted by Crippen LogP contribution is 2.25. The maximum atomic E-state index is 11.4. The van der Waals surface area contributed by atoms with E-state index in [2.05, 4.69) is 0 Å². The molecule has 0 aliphatic heterocycles. The van der Waals surface area contributed by atoms with Gasteiger partial charge in [-0.1, -0.05) is 13.8 Å². The summed E-state index contributed by atoms with van der Waals surface area (Å²) in [6, 6.07) is 3.83. The smallest absolute Gasteiger partial charge is 0.338 e. The lowest BCUT2D eigenvalue weighted by Crippen LogP contribution is -2.09. The number of benzene rings is 1. The van der Waals surface area contributed by atoms with Crippen molar-refractivity contribution in [2.75, 3.05) is 6.61 Å². The summed E-state index contributed by atoms with van der Waals surface area (Å²) in [7, 11) is 0. The van der Waals surface area contributed by atoms with Gasteiger partial charge in [0.2, 0.25) is 0 Å². The van der Waals surface area contributed by atoms with Crippen LogP contribution in [0.4, 0.5) is 0 Å². The summed E-state index contributed by atoms with van der Waals surface area (Å²) in [5.74, 6) is -0.817. The normalized spacial score (nSPS) is 10.3. The molecule has 0 saturated carbocycles. The van der Waals surface area contributed by atoms with Crippen molar-refractivity contribution < 1.29 is 19.7 Å². The minimum atomic E-state index is -0.501. The second-order valence-electron chi connectivity index (χ2n) is 3.70. The van der Waals surface area contributed by atoms with Crippen LogP contribution >= 0.6 is 0 Å². The molecule has 15 heavy (non-hydrogen) atoms. The summed E-state index contributed by atoms with van der Waals surface area (Å²) in [6.45, 7) is 4.20. The third-order valence-electron chi connectivity index (χ3n) is 1.76. The van der Waals surface area contributed by atoms with Crippen molar-refractivity contribution in [2.24, 2.45) is 5.92 Å². The van der Waals surface area contributed by atoms with E-state index in [0.717, 1.165) is 0 Å². The Morgan fingerprint density at radius 2 is 2.00 bits per heavy atom. The number of hydrogen-bond donors (Lipinski definition) is 2. The van der Waals surface area contributed by atoms with Crippen LogP contribution in [0.5, 0.6) is 11.5 Å². The molecular weight excluding hydrogens is 196 g/mol. The highest BCUT2D eigenvalue weighted by Gasteiger charge is 2.10. The summed E-state index contributed by atoms with van der Waals surface area (Å²) < 4.78 is 4.95. The Labute approximate surface area is 88.1 Å². The third-order valence-corrected chi connectivity index (χ3v) is 1.76. The van der Waals surface area contributed by atoms with Crippen LogP contribution in [-0.4, -0.2) is 22.8 Å². The lowest BCUT2D eigenvalue weighted by atomic mass is 10.2. The maximum absolute atomic E-state index is 11.4. The highest BCUT2D eigenvalue weighted by atomic mass is 16.5. The molecule has 4 nitrogen and oxygen atoms in total. The van der Waals surface area contributed by atoms with Crippen LogP contribution in [-0.2, 0) is 4.74 Å². The summed E-state index contributed by atoms with van der Waals surface area (Å²) in [5, 5.41) is 18.2. The number of esters is 1. The van der Waals surface area contributed by atoms with E-state index in [1.165, 1.54) is 18.2 Å². The van der Waals surface area contributed by atoms with E-state index < -0.39 is 5.97 Å². The van der Waals surface area contributed by atoms with Crippen LogP contribution < -0.4 is 0 Å². The Hall–Kier alpha value is -1.71. The molecule has 2 N–H and O–H groups in total. The van der Waals surface area contributed by atoms with E-state index in [1.54, 1.807) is 0 Å². The molecule has 0 atom stereocenters. The number of carbonyl (C=O) groups excluding carboxylic acids is 1. The number of ether oxygens (including phenoxy) is 1. The fraction of sp³-hybridized carbons (Fsp3) is 0.364. The second-order valence-corrected chi connectivity index (χ2v) is 3.70. The Bertz CT molecular complexity index is 358. The monoisotopic (exact) mass is 210 g/mol. The van der Waals surface area contributed by atoms with E-state index in [4.69, 9.17) is 14.9 Å². The van der Waals surface area contributed by atoms with Gasteiger partial charge in [-0.2, -0.15) is 0 Å². The number of phenolic OH excluding ortho intramolecular Hbond substituents is 2. The summed E-state index contributed by atoms with van der Waals surface area (Å²) in [6.07, 6.45) is 0. The van der Waals surface area contributed by atoms with E-state index in [-0.39, 0.29) is 23.0 Å². The van der Waals surface area contributed by atoms with Gasteiger partial charge in [-0.15, -0.1) is 0 Å². The van der Waals surface area contributed by atoms with E-state index >= 15 is 0 Å². The Morgan fingerprint density at radius 1 is 1.33 bits per heavy atom. The highest BCUT2D eigenvalue weighted by molar-refractivity contribution is 5.90. The predicted octanol–water partition coefficient (Wildman–Crippen LogP) is 1.91. The van der Waals surface area contributed by atoms with Gasteiger partial charge in [-0.3, -0.25) is 0 Å². The molecule has 0 aliphatic carbocycles. The van der Waals surface area contributed by atoms with Crippen molar-refractivity contribution in [1.82, 2.24) is 0 Å². The zero-order valence-electron chi connectivity index (χ0n) is 8.73. The molecule has 0 heterocycles. The number of hydrogen-bond acceptors (Lipinski definition) is 4. The quantitative estimate of drug-likeness (QED) is 0.590. The van der Waals surface area contributed by atoms with Crippen LogP contribution in [0.3, 0.4) is 0 Å².